The molecule has 0 saturated carbocycles. The molecule has 166 valence electrons. The number of nitrogens with one attached hydrogen (secondary N) is 1. The lowest BCUT2D eigenvalue weighted by molar-refractivity contribution is 0.0921. The van der Waals surface area contributed by atoms with Gasteiger partial charge in [-0.3, -0.25) is 14.3 Å². The number of nitrogens with zero attached hydrogens (tertiary/aromatic N) is 3. The number of aliphatic hydroxyl groups is 1. The maximum Gasteiger partial charge on any atom is 0.329 e. The molecule has 2 N–H and O–H groups in total. The largest absolute Gasteiger partial charge is 0.490 e. The van der Waals surface area contributed by atoms with Crippen LogP contribution in [0.25, 0.3) is 21.9 Å². The fraction of sp³-hybridized carbons (Fsp3) is 0.261. The first kappa shape index (κ1) is 21.9. The standard InChI is InChI=1S/C23H24N4O4S/c1-4-14(2)32-23-24-20-19(21(29)25-22(30)26(20)3)27(23)12-16(28)13-31-18-11-7-9-15-8-5-6-10-17(15)18/h4-11,14,16,28H,1,12-13H2,2-3H3,(H,25,29,30). The Morgan fingerprint density at radius 3 is 2.78 bits per heavy atom. The van der Waals surface area contributed by atoms with Crippen LogP contribution in [-0.4, -0.2) is 42.2 Å². The van der Waals surface area contributed by atoms with Gasteiger partial charge in [0.05, 0.1) is 6.54 Å². The summed E-state index contributed by atoms with van der Waals surface area (Å²) in [6, 6.07) is 13.6. The Bertz CT molecular complexity index is 1400. The molecule has 2 aromatic heterocycles. The average Bonchev–Trinajstić information content (AvgIpc) is 3.14. The summed E-state index contributed by atoms with van der Waals surface area (Å²) in [6.45, 7) is 5.84. The van der Waals surface area contributed by atoms with Crippen LogP contribution in [0.2, 0.25) is 0 Å². The lowest BCUT2D eigenvalue weighted by Gasteiger charge is -2.16. The van der Waals surface area contributed by atoms with Gasteiger partial charge in [-0.25, -0.2) is 9.78 Å². The van der Waals surface area contributed by atoms with Crippen LogP contribution in [0.3, 0.4) is 0 Å². The Hall–Kier alpha value is -3.30. The van der Waals surface area contributed by atoms with Crippen molar-refractivity contribution in [2.75, 3.05) is 6.61 Å². The minimum absolute atomic E-state index is 0.0192. The summed E-state index contributed by atoms with van der Waals surface area (Å²) in [5.41, 5.74) is -0.592. The van der Waals surface area contributed by atoms with Crippen molar-refractivity contribution in [2.45, 2.75) is 30.0 Å². The predicted molar refractivity (Wildman–Crippen MR) is 127 cm³/mol. The van der Waals surface area contributed by atoms with E-state index in [9.17, 15) is 14.7 Å². The highest BCUT2D eigenvalue weighted by Gasteiger charge is 2.21. The zero-order valence-corrected chi connectivity index (χ0v) is 18.6. The monoisotopic (exact) mass is 452 g/mol. The lowest BCUT2D eigenvalue weighted by atomic mass is 10.1. The van der Waals surface area contributed by atoms with E-state index in [1.807, 2.05) is 49.4 Å². The minimum atomic E-state index is -0.915. The summed E-state index contributed by atoms with van der Waals surface area (Å²) < 4.78 is 8.83. The van der Waals surface area contributed by atoms with Crippen LogP contribution in [0.15, 0.2) is 69.9 Å². The molecule has 4 aromatic rings. The minimum Gasteiger partial charge on any atom is -0.490 e. The molecule has 0 bridgehead atoms. The fourth-order valence-corrected chi connectivity index (χ4v) is 4.32. The van der Waals surface area contributed by atoms with Crippen LogP contribution in [0.5, 0.6) is 5.75 Å². The molecular formula is C23H24N4O4S. The number of ether oxygens (including phenoxy) is 1. The zero-order valence-electron chi connectivity index (χ0n) is 17.8. The quantitative estimate of drug-likeness (QED) is 0.315. The summed E-state index contributed by atoms with van der Waals surface area (Å²) in [4.78, 5) is 31.4. The maximum atomic E-state index is 12.6. The number of aliphatic hydroxyl groups excluding tert-OH is 1. The van der Waals surface area contributed by atoms with Gasteiger partial charge in [0.2, 0.25) is 0 Å². The van der Waals surface area contributed by atoms with Crippen LogP contribution in [-0.2, 0) is 13.6 Å². The number of benzene rings is 2. The molecule has 0 aliphatic heterocycles. The summed E-state index contributed by atoms with van der Waals surface area (Å²) in [5, 5.41) is 13.3. The van der Waals surface area contributed by atoms with E-state index in [0.717, 1.165) is 10.8 Å². The van der Waals surface area contributed by atoms with Crippen LogP contribution < -0.4 is 16.0 Å². The Morgan fingerprint density at radius 1 is 1.25 bits per heavy atom. The van der Waals surface area contributed by atoms with Crippen LogP contribution >= 0.6 is 11.8 Å². The molecule has 0 aliphatic rings. The van der Waals surface area contributed by atoms with Crippen molar-refractivity contribution in [3.8, 4) is 5.75 Å². The van der Waals surface area contributed by atoms with E-state index < -0.39 is 17.4 Å². The summed E-state index contributed by atoms with van der Waals surface area (Å²) in [6.07, 6.45) is 0.846. The maximum absolute atomic E-state index is 12.6. The van der Waals surface area contributed by atoms with Crippen molar-refractivity contribution in [1.82, 2.24) is 19.1 Å². The number of aromatic nitrogens is 4. The number of aromatic amines is 1. The average molecular weight is 453 g/mol. The molecule has 2 heterocycles. The SMILES string of the molecule is C=CC(C)Sc1nc2c(c(=O)[nH]c(=O)n2C)n1CC(O)COc1cccc2ccccc12. The van der Waals surface area contributed by atoms with Crippen molar-refractivity contribution in [1.29, 1.82) is 0 Å². The lowest BCUT2D eigenvalue weighted by Crippen LogP contribution is -2.30. The van der Waals surface area contributed by atoms with E-state index in [2.05, 4.69) is 16.5 Å². The molecule has 32 heavy (non-hydrogen) atoms. The normalized spacial score (nSPS) is 13.3. The van der Waals surface area contributed by atoms with Gasteiger partial charge in [0.1, 0.15) is 18.5 Å². The molecule has 0 radical (unpaired) electrons. The Morgan fingerprint density at radius 2 is 2.00 bits per heavy atom. The van der Waals surface area contributed by atoms with Crippen molar-refractivity contribution < 1.29 is 9.84 Å². The van der Waals surface area contributed by atoms with Gasteiger partial charge in [0.15, 0.2) is 16.3 Å². The molecule has 9 heteroatoms. The predicted octanol–water partition coefficient (Wildman–Crippen LogP) is 2.68. The molecule has 0 fully saturated rings. The van der Waals surface area contributed by atoms with E-state index in [1.165, 1.54) is 16.3 Å². The van der Waals surface area contributed by atoms with E-state index >= 15 is 0 Å². The number of H-pyrrole nitrogens is 1. The van der Waals surface area contributed by atoms with Gasteiger partial charge in [-0.2, -0.15) is 0 Å². The second kappa shape index (κ2) is 9.05. The Balaban J connectivity index is 1.64. The van der Waals surface area contributed by atoms with Gasteiger partial charge in [-0.1, -0.05) is 54.2 Å². The molecule has 0 spiro atoms. The Labute approximate surface area is 188 Å². The van der Waals surface area contributed by atoms with Crippen LogP contribution in [0.1, 0.15) is 6.92 Å². The van der Waals surface area contributed by atoms with Gasteiger partial charge >= 0.3 is 5.69 Å². The number of aryl methyl sites for hydroxylation is 1. The molecular weight excluding hydrogens is 428 g/mol. The molecule has 2 aromatic carbocycles. The third-order valence-corrected chi connectivity index (χ3v) is 6.26. The van der Waals surface area contributed by atoms with Crippen LogP contribution in [0.4, 0.5) is 0 Å². The van der Waals surface area contributed by atoms with Crippen molar-refractivity contribution in [3.63, 3.8) is 0 Å². The smallest absolute Gasteiger partial charge is 0.329 e. The third-order valence-electron chi connectivity index (χ3n) is 5.17. The van der Waals surface area contributed by atoms with E-state index in [4.69, 9.17) is 4.74 Å². The second-order valence-electron chi connectivity index (χ2n) is 7.50. The number of hydrogen-bond acceptors (Lipinski definition) is 6. The van der Waals surface area contributed by atoms with Gasteiger partial charge in [-0.15, -0.1) is 6.58 Å². The van der Waals surface area contributed by atoms with Crippen molar-refractivity contribution >= 4 is 33.7 Å². The highest BCUT2D eigenvalue weighted by molar-refractivity contribution is 7.99. The number of fused-ring (bicyclic) bond motifs is 2. The van der Waals surface area contributed by atoms with E-state index in [1.54, 1.807) is 17.7 Å². The Kier molecular flexibility index (Phi) is 6.20. The zero-order chi connectivity index (χ0) is 22.8. The first-order chi connectivity index (χ1) is 15.4. The number of imidazole rings is 1. The summed E-state index contributed by atoms with van der Waals surface area (Å²) in [5.74, 6) is 0.674. The van der Waals surface area contributed by atoms with Gasteiger partial charge < -0.3 is 14.4 Å². The summed E-state index contributed by atoms with van der Waals surface area (Å²) >= 11 is 1.39. The fourth-order valence-electron chi connectivity index (χ4n) is 3.46. The van der Waals surface area contributed by atoms with Gasteiger partial charge in [-0.05, 0) is 18.4 Å². The molecule has 8 nitrogen and oxygen atoms in total. The molecule has 4 rings (SSSR count). The van der Waals surface area contributed by atoms with E-state index in [0.29, 0.717) is 10.9 Å². The molecule has 0 aliphatic carbocycles. The topological polar surface area (TPSA) is 102 Å². The molecule has 0 saturated heterocycles. The highest BCUT2D eigenvalue weighted by Crippen LogP contribution is 2.27. The van der Waals surface area contributed by atoms with Crippen LogP contribution in [0, 0.1) is 0 Å². The number of hydrogen-bond donors (Lipinski definition) is 2. The van der Waals surface area contributed by atoms with Crippen molar-refractivity contribution in [2.24, 2.45) is 7.05 Å². The molecule has 0 amide bonds. The third kappa shape index (κ3) is 4.21. The first-order valence-electron chi connectivity index (χ1n) is 10.2. The summed E-state index contributed by atoms with van der Waals surface area (Å²) in [7, 11) is 1.55. The van der Waals surface area contributed by atoms with Gasteiger partial charge in [0, 0.05) is 17.7 Å². The second-order valence-corrected chi connectivity index (χ2v) is 8.84. The highest BCUT2D eigenvalue weighted by atomic mass is 32.2. The molecule has 2 unspecified atom stereocenters. The first-order valence-corrected chi connectivity index (χ1v) is 11.0. The van der Waals surface area contributed by atoms with E-state index in [-0.39, 0.29) is 29.6 Å². The number of thioether (sulfide) groups is 1. The molecule has 2 atom stereocenters. The van der Waals surface area contributed by atoms with Gasteiger partial charge in [0.25, 0.3) is 5.56 Å². The number of rotatable bonds is 8. The van der Waals surface area contributed by atoms with Crippen molar-refractivity contribution in [3.05, 3.63) is 76.0 Å².